The maximum atomic E-state index is 13.3. The fraction of sp³-hybridized carbons (Fsp3) is 0.240. The Bertz CT molecular complexity index is 1250. The lowest BCUT2D eigenvalue weighted by molar-refractivity contribution is -0.384. The molecule has 35 heavy (non-hydrogen) atoms. The van der Waals surface area contributed by atoms with Gasteiger partial charge < -0.3 is 10.1 Å². The number of carbonyl (C=O) groups excluding carboxylic acids is 1. The van der Waals surface area contributed by atoms with E-state index in [1.165, 1.54) is 30.3 Å². The van der Waals surface area contributed by atoms with Gasteiger partial charge in [0.2, 0.25) is 5.91 Å². The lowest BCUT2D eigenvalue weighted by Gasteiger charge is -2.24. The van der Waals surface area contributed by atoms with Gasteiger partial charge in [0.15, 0.2) is 0 Å². The molecule has 0 spiro atoms. The molecule has 184 valence electrons. The summed E-state index contributed by atoms with van der Waals surface area (Å²) in [6.07, 6.45) is 1.38. The van der Waals surface area contributed by atoms with Gasteiger partial charge in [-0.3, -0.25) is 19.2 Å². The highest BCUT2D eigenvalue weighted by molar-refractivity contribution is 7.92. The molecule has 0 aromatic heterocycles. The Balaban J connectivity index is 1.68. The van der Waals surface area contributed by atoms with Crippen LogP contribution in [0.3, 0.4) is 0 Å². The van der Waals surface area contributed by atoms with Gasteiger partial charge in [0, 0.05) is 18.7 Å². The van der Waals surface area contributed by atoms with Crippen molar-refractivity contribution in [2.75, 3.05) is 24.0 Å². The number of carbonyl (C=O) groups is 1. The zero-order valence-corrected chi connectivity index (χ0v) is 20.1. The van der Waals surface area contributed by atoms with Gasteiger partial charge >= 0.3 is 0 Å². The SMILES string of the molecule is CCOc1ccc(CCCNC(=O)CN(c2cccc([N+](=O)[O-])c2)S(=O)(=O)c2ccccc2)cc1. The van der Waals surface area contributed by atoms with E-state index in [1.807, 2.05) is 31.2 Å². The van der Waals surface area contributed by atoms with Crippen LogP contribution in [0.5, 0.6) is 5.75 Å². The Morgan fingerprint density at radius 3 is 2.40 bits per heavy atom. The number of nitro groups is 1. The van der Waals surface area contributed by atoms with E-state index in [2.05, 4.69) is 5.32 Å². The third-order valence-electron chi connectivity index (χ3n) is 5.15. The maximum absolute atomic E-state index is 13.3. The average Bonchev–Trinajstić information content (AvgIpc) is 2.87. The Kier molecular flexibility index (Phi) is 8.80. The molecule has 0 saturated heterocycles. The van der Waals surface area contributed by atoms with Crippen LogP contribution < -0.4 is 14.4 Å². The van der Waals surface area contributed by atoms with E-state index < -0.39 is 27.4 Å². The number of aryl methyl sites for hydroxylation is 1. The molecule has 0 saturated carbocycles. The van der Waals surface area contributed by atoms with E-state index >= 15 is 0 Å². The highest BCUT2D eigenvalue weighted by Crippen LogP contribution is 2.26. The Hall–Kier alpha value is -3.92. The molecule has 0 radical (unpaired) electrons. The quantitative estimate of drug-likeness (QED) is 0.230. The summed E-state index contributed by atoms with van der Waals surface area (Å²) in [4.78, 5) is 23.3. The number of sulfonamides is 1. The van der Waals surface area contributed by atoms with Crippen molar-refractivity contribution in [3.8, 4) is 5.75 Å². The summed E-state index contributed by atoms with van der Waals surface area (Å²) in [5, 5.41) is 14.0. The molecule has 0 heterocycles. The lowest BCUT2D eigenvalue weighted by atomic mass is 10.1. The number of anilines is 1. The van der Waals surface area contributed by atoms with Crippen LogP contribution in [0.25, 0.3) is 0 Å². The van der Waals surface area contributed by atoms with Crippen molar-refractivity contribution in [2.45, 2.75) is 24.7 Å². The molecule has 0 unspecified atom stereocenters. The van der Waals surface area contributed by atoms with E-state index in [0.29, 0.717) is 19.6 Å². The highest BCUT2D eigenvalue weighted by atomic mass is 32.2. The monoisotopic (exact) mass is 497 g/mol. The molecule has 1 amide bonds. The van der Waals surface area contributed by atoms with Crippen molar-refractivity contribution in [2.24, 2.45) is 0 Å². The molecule has 9 nitrogen and oxygen atoms in total. The minimum atomic E-state index is -4.14. The minimum Gasteiger partial charge on any atom is -0.494 e. The maximum Gasteiger partial charge on any atom is 0.271 e. The van der Waals surface area contributed by atoms with Crippen LogP contribution in [0.15, 0.2) is 83.8 Å². The number of amides is 1. The van der Waals surface area contributed by atoms with Crippen molar-refractivity contribution in [3.05, 3.63) is 94.5 Å². The molecule has 10 heteroatoms. The van der Waals surface area contributed by atoms with Crippen molar-refractivity contribution in [3.63, 3.8) is 0 Å². The second kappa shape index (κ2) is 12.0. The molecule has 0 bridgehead atoms. The van der Waals surface area contributed by atoms with Crippen LogP contribution in [0.4, 0.5) is 11.4 Å². The van der Waals surface area contributed by atoms with E-state index in [0.717, 1.165) is 28.1 Å². The first-order chi connectivity index (χ1) is 16.8. The number of ether oxygens (including phenoxy) is 1. The van der Waals surface area contributed by atoms with Crippen molar-refractivity contribution < 1.29 is 22.9 Å². The summed E-state index contributed by atoms with van der Waals surface area (Å²) in [5.41, 5.74) is 0.853. The average molecular weight is 498 g/mol. The van der Waals surface area contributed by atoms with Gasteiger partial charge in [-0.2, -0.15) is 0 Å². The van der Waals surface area contributed by atoms with Crippen molar-refractivity contribution in [1.29, 1.82) is 0 Å². The molecule has 3 aromatic carbocycles. The molecule has 3 aromatic rings. The van der Waals surface area contributed by atoms with Crippen LogP contribution in [0, 0.1) is 10.1 Å². The predicted molar refractivity (Wildman–Crippen MR) is 133 cm³/mol. The third-order valence-corrected chi connectivity index (χ3v) is 6.93. The van der Waals surface area contributed by atoms with Gasteiger partial charge in [-0.25, -0.2) is 8.42 Å². The molecule has 0 aliphatic heterocycles. The number of benzene rings is 3. The number of rotatable bonds is 12. The fourth-order valence-electron chi connectivity index (χ4n) is 3.42. The van der Waals surface area contributed by atoms with E-state index in [9.17, 15) is 23.3 Å². The predicted octanol–water partition coefficient (Wildman–Crippen LogP) is 3.94. The van der Waals surface area contributed by atoms with Gasteiger partial charge in [-0.15, -0.1) is 0 Å². The summed E-state index contributed by atoms with van der Waals surface area (Å²) in [6, 6.07) is 20.5. The Morgan fingerprint density at radius 2 is 1.74 bits per heavy atom. The normalized spacial score (nSPS) is 11.0. The molecule has 1 N–H and O–H groups in total. The number of nitrogens with zero attached hydrogens (tertiary/aromatic N) is 2. The minimum absolute atomic E-state index is 0.0187. The largest absolute Gasteiger partial charge is 0.494 e. The first kappa shape index (κ1) is 25.7. The van der Waals surface area contributed by atoms with Crippen LogP contribution >= 0.6 is 0 Å². The molecular weight excluding hydrogens is 470 g/mol. The molecule has 0 aliphatic carbocycles. The van der Waals surface area contributed by atoms with E-state index in [1.54, 1.807) is 18.2 Å². The Labute approximate surface area is 204 Å². The second-order valence-corrected chi connectivity index (χ2v) is 9.49. The topological polar surface area (TPSA) is 119 Å². The number of hydrogen-bond donors (Lipinski definition) is 1. The van der Waals surface area contributed by atoms with Crippen LogP contribution in [0.2, 0.25) is 0 Å². The first-order valence-corrected chi connectivity index (χ1v) is 12.6. The third kappa shape index (κ3) is 7.03. The summed E-state index contributed by atoms with van der Waals surface area (Å²) in [7, 11) is -4.14. The molecule has 0 atom stereocenters. The zero-order chi connectivity index (χ0) is 25.3. The molecule has 3 rings (SSSR count). The number of nitrogens with one attached hydrogen (secondary N) is 1. The summed E-state index contributed by atoms with van der Waals surface area (Å²) < 4.78 is 32.9. The van der Waals surface area contributed by atoms with Gasteiger partial charge in [0.1, 0.15) is 12.3 Å². The van der Waals surface area contributed by atoms with Gasteiger partial charge in [-0.05, 0) is 55.7 Å². The molecular formula is C25H27N3O6S. The van der Waals surface area contributed by atoms with Crippen LogP contribution in [-0.2, 0) is 21.2 Å². The summed E-state index contributed by atoms with van der Waals surface area (Å²) >= 11 is 0. The number of hydrogen-bond acceptors (Lipinski definition) is 6. The van der Waals surface area contributed by atoms with Crippen LogP contribution in [0.1, 0.15) is 18.9 Å². The zero-order valence-electron chi connectivity index (χ0n) is 19.3. The fourth-order valence-corrected chi connectivity index (χ4v) is 4.86. The Morgan fingerprint density at radius 1 is 1.03 bits per heavy atom. The highest BCUT2D eigenvalue weighted by Gasteiger charge is 2.28. The number of nitro benzene ring substituents is 1. The van der Waals surface area contributed by atoms with E-state index in [4.69, 9.17) is 4.74 Å². The standard InChI is InChI=1S/C25H27N3O6S/c1-2-34-23-15-13-20(14-16-23)8-7-17-26-25(29)19-27(21-9-6-10-22(18-21)28(30)31)35(32,33)24-11-4-3-5-12-24/h3-6,9-16,18H,2,7-8,17,19H2,1H3,(H,26,29). The van der Waals surface area contributed by atoms with Gasteiger partial charge in [0.25, 0.3) is 15.7 Å². The number of non-ortho nitro benzene ring substituents is 1. The van der Waals surface area contributed by atoms with Crippen molar-refractivity contribution >= 4 is 27.3 Å². The van der Waals surface area contributed by atoms with Gasteiger partial charge in [0.05, 0.1) is 22.1 Å². The van der Waals surface area contributed by atoms with E-state index in [-0.39, 0.29) is 16.3 Å². The lowest BCUT2D eigenvalue weighted by Crippen LogP contribution is -2.41. The summed E-state index contributed by atoms with van der Waals surface area (Å²) in [6.45, 7) is 2.35. The first-order valence-electron chi connectivity index (χ1n) is 11.1. The smallest absolute Gasteiger partial charge is 0.271 e. The van der Waals surface area contributed by atoms with Crippen molar-refractivity contribution in [1.82, 2.24) is 5.32 Å². The van der Waals surface area contributed by atoms with Gasteiger partial charge in [-0.1, -0.05) is 36.4 Å². The summed E-state index contributed by atoms with van der Waals surface area (Å²) in [5.74, 6) is 0.285. The molecule has 0 aliphatic rings. The van der Waals surface area contributed by atoms with Crippen LogP contribution in [-0.4, -0.2) is 38.9 Å². The second-order valence-electron chi connectivity index (χ2n) is 7.63. The molecule has 0 fully saturated rings.